The van der Waals surface area contributed by atoms with Crippen molar-refractivity contribution in [1.82, 2.24) is 50.4 Å². The standard InChI is InChI=1S/C65H76N12O8S/c1-36(2)54(62(81)76-32-47(79)27-51(76)61(80)69-38(4)40-13-15-41(16-14-40)59-39(5)68-35-86-59)52-28-53(72-85-52)73-21-23-74(24-22-73)64(82)83-33-45-17-19-65(18-8-20-77(45)65)34-84-63-70-58-50(60(71-63)75-31-43-10-7-11-44(75)29-66-43)30-67-57-49-26-46(78)25-42-9-6-12-48(56(42)49)37(3)55(57)58/h6,9,12-16,25-26,28,30,35-38,43-45,47,51,54,66,78-79H,7-8,10-11,17-24,27,29,31-34H2,1-5H3,(H,69,80)/t37?,38-,43?,44?,45-,47+,51-,54+,65+/m0/s1. The number of rotatable bonds is 14. The van der Waals surface area contributed by atoms with Crippen LogP contribution in [-0.2, 0) is 14.3 Å². The van der Waals surface area contributed by atoms with E-state index >= 15 is 0 Å². The lowest BCUT2D eigenvalue weighted by atomic mass is 9.79. The maximum atomic E-state index is 14.5. The normalized spacial score (nSPS) is 25.2. The first-order valence-electron chi connectivity index (χ1n) is 31.0. The third-order valence-corrected chi connectivity index (χ3v) is 20.9. The predicted octanol–water partition coefficient (Wildman–Crippen LogP) is 8.68. The van der Waals surface area contributed by atoms with Crippen LogP contribution >= 0.6 is 11.3 Å². The lowest BCUT2D eigenvalue weighted by Crippen LogP contribution is -2.54. The van der Waals surface area contributed by atoms with Gasteiger partial charge in [0.05, 0.1) is 50.4 Å². The Hall–Kier alpha value is -7.46. The summed E-state index contributed by atoms with van der Waals surface area (Å²) in [5.41, 5.74) is 9.31. The van der Waals surface area contributed by atoms with Crippen LogP contribution in [0.25, 0.3) is 43.4 Å². The molecule has 4 N–H and O–H groups in total. The molecule has 3 aromatic carbocycles. The van der Waals surface area contributed by atoms with Crippen LogP contribution in [0.2, 0.25) is 0 Å². The number of phenols is 1. The van der Waals surface area contributed by atoms with Gasteiger partial charge in [-0.05, 0) is 111 Å². The molecule has 1 aliphatic carbocycles. The molecule has 86 heavy (non-hydrogen) atoms. The summed E-state index contributed by atoms with van der Waals surface area (Å²) in [7, 11) is 0. The smallest absolute Gasteiger partial charge is 0.409 e. The number of phenolic OH excluding ortho intramolecular Hbond substituents is 1. The molecule has 2 bridgehead atoms. The van der Waals surface area contributed by atoms with Crippen LogP contribution in [-0.4, -0.2) is 169 Å². The van der Waals surface area contributed by atoms with Gasteiger partial charge in [-0.1, -0.05) is 68.4 Å². The fourth-order valence-electron chi connectivity index (χ4n) is 15.4. The van der Waals surface area contributed by atoms with E-state index in [2.05, 4.69) is 49.6 Å². The van der Waals surface area contributed by atoms with Gasteiger partial charge in [0.15, 0.2) is 11.6 Å². The maximum Gasteiger partial charge on any atom is 0.409 e. The van der Waals surface area contributed by atoms with E-state index in [4.69, 9.17) is 28.9 Å². The fourth-order valence-corrected chi connectivity index (χ4v) is 16.2. The van der Waals surface area contributed by atoms with Crippen molar-refractivity contribution in [2.75, 3.05) is 75.4 Å². The summed E-state index contributed by atoms with van der Waals surface area (Å²) in [5.74, 6) is 0.435. The van der Waals surface area contributed by atoms with Crippen molar-refractivity contribution in [3.8, 4) is 33.5 Å². The number of aromatic hydroxyl groups is 1. The number of β-amino-alcohol motifs (C(OH)–C–C–N with tert-alkyl or cyclic N) is 1. The number of amides is 3. The number of piperazine rings is 2. The van der Waals surface area contributed by atoms with Crippen molar-refractivity contribution in [2.24, 2.45) is 5.92 Å². The Balaban J connectivity index is 0.609. The molecule has 4 aromatic heterocycles. The number of fused-ring (bicyclic) bond motifs is 9. The van der Waals surface area contributed by atoms with Gasteiger partial charge in [-0.2, -0.15) is 9.97 Å². The summed E-state index contributed by atoms with van der Waals surface area (Å²) in [6, 6.07) is 19.7. The summed E-state index contributed by atoms with van der Waals surface area (Å²) in [4.78, 5) is 73.7. The van der Waals surface area contributed by atoms with E-state index in [1.54, 1.807) is 22.3 Å². The van der Waals surface area contributed by atoms with Gasteiger partial charge in [0, 0.05) is 99.7 Å². The Morgan fingerprint density at radius 1 is 0.953 bits per heavy atom. The molecule has 0 saturated carbocycles. The highest BCUT2D eigenvalue weighted by molar-refractivity contribution is 7.13. The van der Waals surface area contributed by atoms with E-state index in [9.17, 15) is 24.6 Å². The van der Waals surface area contributed by atoms with Crippen molar-refractivity contribution in [2.45, 2.75) is 140 Å². The van der Waals surface area contributed by atoms with Gasteiger partial charge in [-0.15, -0.1) is 11.3 Å². The number of pyridine rings is 1. The number of aromatic nitrogens is 5. The number of carbonyl (C=O) groups is 3. The topological polar surface area (TPSA) is 228 Å². The average Bonchev–Trinajstić information content (AvgIpc) is 1.04. The number of carbonyl (C=O) groups excluding carboxylic acids is 3. The molecule has 21 heteroatoms. The number of nitrogens with zero attached hydrogens (tertiary/aromatic N) is 10. The zero-order chi connectivity index (χ0) is 59.1. The Kier molecular flexibility index (Phi) is 14.9. The summed E-state index contributed by atoms with van der Waals surface area (Å²) in [5, 5.41) is 36.1. The van der Waals surface area contributed by atoms with Crippen LogP contribution in [0.3, 0.4) is 0 Å². The van der Waals surface area contributed by atoms with E-state index in [0.29, 0.717) is 56.4 Å². The SMILES string of the molecule is Cc1ncsc1-c1ccc([C@H](C)NC(=O)[C@@H]2C[C@@H](O)CN2C(=O)[C@@H](c2cc(N3CCN(C(=O)OC[C@@H]4CC[C@@]5(COc6nc(N7CC8CCCC7CN8)c7cnc8c(c7n6)C(C)c6cccc7cc(O)cc-8c67)CCCN45)CC3)no2)C(C)C)cc1. The van der Waals surface area contributed by atoms with E-state index in [-0.39, 0.29) is 78.7 Å². The molecule has 3 amide bonds. The minimum absolute atomic E-state index is 0.0183. The quantitative estimate of drug-likeness (QED) is 0.0798. The van der Waals surface area contributed by atoms with Gasteiger partial charge < -0.3 is 54.4 Å². The number of hydrogen-bond donors (Lipinski definition) is 4. The van der Waals surface area contributed by atoms with E-state index in [0.717, 1.165) is 131 Å². The van der Waals surface area contributed by atoms with Crippen molar-refractivity contribution in [3.05, 3.63) is 101 Å². The van der Waals surface area contributed by atoms with E-state index in [1.165, 1.54) is 10.5 Å². The minimum Gasteiger partial charge on any atom is -0.508 e. The second-order valence-corrected chi connectivity index (χ2v) is 26.3. The van der Waals surface area contributed by atoms with Gasteiger partial charge in [0.1, 0.15) is 36.7 Å². The molecular formula is C65H76N12O8S. The number of thiazole rings is 1. The third-order valence-electron chi connectivity index (χ3n) is 19.9. The summed E-state index contributed by atoms with van der Waals surface area (Å²) >= 11 is 1.59. The number of nitrogens with one attached hydrogen (secondary N) is 2. The molecule has 8 aliphatic rings. The first-order chi connectivity index (χ1) is 41.7. The number of ether oxygens (including phenoxy) is 2. The maximum absolute atomic E-state index is 14.5. The van der Waals surface area contributed by atoms with Crippen LogP contribution in [0.5, 0.6) is 11.8 Å². The molecule has 7 aliphatic heterocycles. The van der Waals surface area contributed by atoms with Crippen molar-refractivity contribution < 1.29 is 38.6 Å². The first-order valence-corrected chi connectivity index (χ1v) is 31.9. The number of benzene rings is 3. The molecule has 3 unspecified atom stereocenters. The number of likely N-dealkylation sites (tertiary alicyclic amines) is 1. The van der Waals surface area contributed by atoms with Crippen molar-refractivity contribution in [1.29, 1.82) is 0 Å². The molecule has 11 heterocycles. The largest absolute Gasteiger partial charge is 0.508 e. The monoisotopic (exact) mass is 1180 g/mol. The highest BCUT2D eigenvalue weighted by Gasteiger charge is 2.51. The fraction of sp³-hybridized carbons (Fsp3) is 0.508. The number of hydrogen-bond acceptors (Lipinski definition) is 18. The molecule has 7 saturated heterocycles. The lowest BCUT2D eigenvalue weighted by Gasteiger charge is -2.39. The summed E-state index contributed by atoms with van der Waals surface area (Å²) in [6.07, 6.45) is 7.98. The summed E-state index contributed by atoms with van der Waals surface area (Å²) in [6.45, 7) is 15.2. The third kappa shape index (κ3) is 10.1. The summed E-state index contributed by atoms with van der Waals surface area (Å²) < 4.78 is 19.0. The number of aliphatic hydroxyl groups excluding tert-OH is 1. The van der Waals surface area contributed by atoms with Gasteiger partial charge in [-0.3, -0.25) is 19.5 Å². The minimum atomic E-state index is -0.854. The zero-order valence-electron chi connectivity index (χ0n) is 49.6. The highest BCUT2D eigenvalue weighted by Crippen LogP contribution is 2.50. The van der Waals surface area contributed by atoms with E-state index in [1.807, 2.05) is 86.8 Å². The molecule has 7 fully saturated rings. The zero-order valence-corrected chi connectivity index (χ0v) is 50.4. The molecule has 15 rings (SSSR count). The second kappa shape index (κ2) is 22.7. The molecule has 9 atom stereocenters. The van der Waals surface area contributed by atoms with Crippen LogP contribution in [0, 0.1) is 12.8 Å². The van der Waals surface area contributed by atoms with Crippen molar-refractivity contribution >= 4 is 62.6 Å². The Morgan fingerprint density at radius 2 is 1.79 bits per heavy atom. The second-order valence-electron chi connectivity index (χ2n) is 25.5. The molecule has 20 nitrogen and oxygen atoms in total. The predicted molar refractivity (Wildman–Crippen MR) is 328 cm³/mol. The van der Waals surface area contributed by atoms with Gasteiger partial charge >= 0.3 is 12.1 Å². The molecule has 450 valence electrons. The first kappa shape index (κ1) is 56.4. The molecule has 0 radical (unpaired) electrons. The van der Waals surface area contributed by atoms with Crippen molar-refractivity contribution in [3.63, 3.8) is 0 Å². The van der Waals surface area contributed by atoms with Gasteiger partial charge in [-0.25, -0.2) is 9.78 Å². The number of aryl methyl sites for hydroxylation is 1. The van der Waals surface area contributed by atoms with Crippen LogP contribution < -0.4 is 25.2 Å². The lowest BCUT2D eigenvalue weighted by molar-refractivity contribution is -0.141. The number of aliphatic hydroxyl groups is 1. The Labute approximate surface area is 504 Å². The number of anilines is 2. The van der Waals surface area contributed by atoms with E-state index < -0.39 is 18.1 Å². The van der Waals surface area contributed by atoms with Crippen LogP contribution in [0.4, 0.5) is 16.4 Å². The highest BCUT2D eigenvalue weighted by atomic mass is 32.1. The Bertz CT molecular complexity index is 3730. The molecule has 7 aromatic rings. The van der Waals surface area contributed by atoms with Crippen LogP contribution in [0.15, 0.2) is 76.9 Å². The van der Waals surface area contributed by atoms with Crippen LogP contribution in [0.1, 0.15) is 125 Å². The molecule has 0 spiro atoms. The van der Waals surface area contributed by atoms with Gasteiger partial charge in [0.2, 0.25) is 11.8 Å². The Morgan fingerprint density at radius 3 is 2.59 bits per heavy atom. The van der Waals surface area contributed by atoms with Gasteiger partial charge in [0.25, 0.3) is 0 Å². The average molecular weight is 1190 g/mol. The molecular weight excluding hydrogens is 1110 g/mol.